The Kier molecular flexibility index (Phi) is 5.00. The van der Waals surface area contributed by atoms with Gasteiger partial charge in [0, 0.05) is 30.1 Å². The summed E-state index contributed by atoms with van der Waals surface area (Å²) in [5.41, 5.74) is 10.5. The quantitative estimate of drug-likeness (QED) is 0.338. The van der Waals surface area contributed by atoms with Gasteiger partial charge in [-0.15, -0.1) is 0 Å². The van der Waals surface area contributed by atoms with Crippen LogP contribution in [0.2, 0.25) is 0 Å². The SMILES string of the molecule is Bc1cnn2c(NCCCNCC)cc(-c3ccccc3N)nc12. The van der Waals surface area contributed by atoms with Crippen molar-refractivity contribution in [1.82, 2.24) is 19.9 Å². The molecule has 0 spiro atoms. The molecule has 0 aliphatic rings. The van der Waals surface area contributed by atoms with Gasteiger partial charge in [-0.1, -0.05) is 25.1 Å². The van der Waals surface area contributed by atoms with Crippen molar-refractivity contribution in [3.05, 3.63) is 36.5 Å². The highest BCUT2D eigenvalue weighted by atomic mass is 15.3. The van der Waals surface area contributed by atoms with Gasteiger partial charge >= 0.3 is 0 Å². The van der Waals surface area contributed by atoms with Gasteiger partial charge in [0.25, 0.3) is 0 Å². The van der Waals surface area contributed by atoms with Crippen LogP contribution in [0.15, 0.2) is 36.5 Å². The molecule has 4 N–H and O–H groups in total. The summed E-state index contributed by atoms with van der Waals surface area (Å²) in [4.78, 5) is 4.75. The third kappa shape index (κ3) is 3.36. The largest absolute Gasteiger partial charge is 0.398 e. The van der Waals surface area contributed by atoms with Crippen molar-refractivity contribution >= 4 is 30.5 Å². The van der Waals surface area contributed by atoms with Crippen molar-refractivity contribution in [2.24, 2.45) is 0 Å². The number of nitrogens with zero attached hydrogens (tertiary/aromatic N) is 3. The minimum atomic E-state index is 0.726. The molecule has 0 saturated heterocycles. The van der Waals surface area contributed by atoms with E-state index in [1.54, 1.807) is 0 Å². The number of hydrogen-bond donors (Lipinski definition) is 3. The number of rotatable bonds is 7. The Labute approximate surface area is 142 Å². The van der Waals surface area contributed by atoms with E-state index in [9.17, 15) is 0 Å². The van der Waals surface area contributed by atoms with Crippen LogP contribution in [-0.2, 0) is 0 Å². The van der Waals surface area contributed by atoms with Crippen LogP contribution in [0.3, 0.4) is 0 Å². The molecular weight excluding hydrogens is 299 g/mol. The number of benzene rings is 1. The summed E-state index contributed by atoms with van der Waals surface area (Å²) in [5, 5.41) is 11.2. The molecule has 0 unspecified atom stereocenters. The first kappa shape index (κ1) is 16.3. The van der Waals surface area contributed by atoms with Gasteiger partial charge < -0.3 is 16.4 Å². The minimum absolute atomic E-state index is 0.726. The molecule has 24 heavy (non-hydrogen) atoms. The summed E-state index contributed by atoms with van der Waals surface area (Å²) in [7, 11) is 2.02. The maximum atomic E-state index is 6.12. The molecule has 6 nitrogen and oxygen atoms in total. The molecule has 0 saturated carbocycles. The molecule has 3 aromatic rings. The lowest BCUT2D eigenvalue weighted by Crippen LogP contribution is -2.18. The van der Waals surface area contributed by atoms with Crippen LogP contribution in [0.5, 0.6) is 0 Å². The van der Waals surface area contributed by atoms with Crippen LogP contribution in [0.4, 0.5) is 11.5 Å². The monoisotopic (exact) mass is 322 g/mol. The molecule has 0 aliphatic heterocycles. The Hall–Kier alpha value is -2.54. The van der Waals surface area contributed by atoms with Crippen LogP contribution in [0.1, 0.15) is 13.3 Å². The molecular formula is C17H23BN6. The fraction of sp³-hybridized carbons (Fsp3) is 0.294. The topological polar surface area (TPSA) is 80.3 Å². The highest BCUT2D eigenvalue weighted by Gasteiger charge is 2.11. The first-order chi connectivity index (χ1) is 11.7. The average molecular weight is 322 g/mol. The Bertz CT molecular complexity index is 829. The molecule has 3 rings (SSSR count). The average Bonchev–Trinajstić information content (AvgIpc) is 2.96. The minimum Gasteiger partial charge on any atom is -0.398 e. The molecule has 0 bridgehead atoms. The number of fused-ring (bicyclic) bond motifs is 1. The summed E-state index contributed by atoms with van der Waals surface area (Å²) in [6, 6.07) is 9.81. The van der Waals surface area contributed by atoms with Crippen LogP contribution < -0.4 is 21.8 Å². The molecule has 1 aromatic carbocycles. The van der Waals surface area contributed by atoms with Gasteiger partial charge in [0.2, 0.25) is 0 Å². The zero-order chi connectivity index (χ0) is 16.9. The van der Waals surface area contributed by atoms with Gasteiger partial charge in [-0.25, -0.2) is 4.98 Å². The molecule has 7 heteroatoms. The molecule has 0 fully saturated rings. The van der Waals surface area contributed by atoms with E-state index in [1.165, 1.54) is 0 Å². The third-order valence-electron chi connectivity index (χ3n) is 3.97. The lowest BCUT2D eigenvalue weighted by Gasteiger charge is -2.12. The zero-order valence-electron chi connectivity index (χ0n) is 14.2. The Morgan fingerprint density at radius 2 is 2.08 bits per heavy atom. The second kappa shape index (κ2) is 7.36. The second-order valence-corrected chi connectivity index (χ2v) is 5.81. The summed E-state index contributed by atoms with van der Waals surface area (Å²) in [6.45, 7) is 4.97. The molecule has 2 aromatic heterocycles. The van der Waals surface area contributed by atoms with Crippen LogP contribution in [-0.4, -0.2) is 42.1 Å². The maximum absolute atomic E-state index is 6.12. The maximum Gasteiger partial charge on any atom is 0.151 e. The van der Waals surface area contributed by atoms with E-state index in [4.69, 9.17) is 10.7 Å². The fourth-order valence-corrected chi connectivity index (χ4v) is 2.67. The van der Waals surface area contributed by atoms with Gasteiger partial charge in [-0.2, -0.15) is 9.61 Å². The highest BCUT2D eigenvalue weighted by molar-refractivity contribution is 6.36. The van der Waals surface area contributed by atoms with E-state index < -0.39 is 0 Å². The van der Waals surface area contributed by atoms with E-state index in [0.29, 0.717) is 0 Å². The lowest BCUT2D eigenvalue weighted by atomic mass is 10.0. The van der Waals surface area contributed by atoms with Crippen molar-refractivity contribution in [3.8, 4) is 11.3 Å². The number of aromatic nitrogens is 3. The fourth-order valence-electron chi connectivity index (χ4n) is 2.67. The summed E-state index contributed by atoms with van der Waals surface area (Å²) < 4.78 is 1.85. The summed E-state index contributed by atoms with van der Waals surface area (Å²) in [6.07, 6.45) is 2.88. The normalized spacial score (nSPS) is 11.0. The van der Waals surface area contributed by atoms with Gasteiger partial charge in [-0.3, -0.25) is 0 Å². The number of nitrogens with two attached hydrogens (primary N) is 1. The number of nitrogens with one attached hydrogen (secondary N) is 2. The van der Waals surface area contributed by atoms with Crippen molar-refractivity contribution in [2.45, 2.75) is 13.3 Å². The summed E-state index contributed by atoms with van der Waals surface area (Å²) >= 11 is 0. The van der Waals surface area contributed by atoms with Crippen LogP contribution >= 0.6 is 0 Å². The highest BCUT2D eigenvalue weighted by Crippen LogP contribution is 2.26. The van der Waals surface area contributed by atoms with Gasteiger partial charge in [0.1, 0.15) is 13.7 Å². The Morgan fingerprint density at radius 3 is 2.88 bits per heavy atom. The van der Waals surface area contributed by atoms with Crippen molar-refractivity contribution < 1.29 is 0 Å². The Balaban J connectivity index is 1.94. The molecule has 0 radical (unpaired) electrons. The zero-order valence-corrected chi connectivity index (χ0v) is 14.2. The number of hydrogen-bond acceptors (Lipinski definition) is 5. The predicted octanol–water partition coefficient (Wildman–Crippen LogP) is 0.648. The van der Waals surface area contributed by atoms with Crippen molar-refractivity contribution in [2.75, 3.05) is 30.7 Å². The molecule has 124 valence electrons. The first-order valence-corrected chi connectivity index (χ1v) is 8.35. The van der Waals surface area contributed by atoms with Crippen molar-refractivity contribution in [1.29, 1.82) is 0 Å². The second-order valence-electron chi connectivity index (χ2n) is 5.81. The van der Waals surface area contributed by atoms with Crippen LogP contribution in [0, 0.1) is 0 Å². The van der Waals surface area contributed by atoms with Gasteiger partial charge in [0.15, 0.2) is 5.65 Å². The molecule has 0 aliphatic carbocycles. The van der Waals surface area contributed by atoms with E-state index in [2.05, 4.69) is 22.7 Å². The molecule has 0 amide bonds. The lowest BCUT2D eigenvalue weighted by molar-refractivity contribution is 0.687. The smallest absolute Gasteiger partial charge is 0.151 e. The standard InChI is InChI=1S/C17H23BN6/c1-2-20-8-5-9-21-16-10-15(12-6-3-4-7-14(12)19)23-17-13(18)11-22-24(16)17/h3-4,6-7,10-11,20-21H,2,5,8-9,18-19H2,1H3. The van der Waals surface area contributed by atoms with Crippen molar-refractivity contribution in [3.63, 3.8) is 0 Å². The number of para-hydroxylation sites is 1. The number of anilines is 2. The van der Waals surface area contributed by atoms with E-state index >= 15 is 0 Å². The van der Waals surface area contributed by atoms with E-state index in [-0.39, 0.29) is 0 Å². The van der Waals surface area contributed by atoms with Gasteiger partial charge in [0.05, 0.1) is 5.69 Å². The molecule has 2 heterocycles. The van der Waals surface area contributed by atoms with Gasteiger partial charge in [-0.05, 0) is 31.0 Å². The molecule has 0 atom stereocenters. The first-order valence-electron chi connectivity index (χ1n) is 8.35. The van der Waals surface area contributed by atoms with Crippen LogP contribution in [0.25, 0.3) is 16.9 Å². The third-order valence-corrected chi connectivity index (χ3v) is 3.97. The Morgan fingerprint density at radius 1 is 1.25 bits per heavy atom. The predicted molar refractivity (Wildman–Crippen MR) is 103 cm³/mol. The number of nitrogen functional groups attached to an aromatic ring is 1. The summed E-state index contributed by atoms with van der Waals surface area (Å²) in [5.74, 6) is 0.933. The van der Waals surface area contributed by atoms with E-state index in [0.717, 1.165) is 59.9 Å². The van der Waals surface area contributed by atoms with E-state index in [1.807, 2.05) is 48.9 Å².